The minimum atomic E-state index is -1.48. The molecule has 1 N–H and O–H groups in total. The van der Waals surface area contributed by atoms with Gasteiger partial charge in [0.25, 0.3) is 0 Å². The summed E-state index contributed by atoms with van der Waals surface area (Å²) >= 11 is 0. The molecule has 0 bridgehead atoms. The first-order valence-electron chi connectivity index (χ1n) is 14.8. The van der Waals surface area contributed by atoms with Crippen LogP contribution in [0.5, 0.6) is 5.75 Å². The van der Waals surface area contributed by atoms with Crippen LogP contribution in [-0.4, -0.2) is 37.9 Å². The van der Waals surface area contributed by atoms with Gasteiger partial charge in [-0.1, -0.05) is 36.1 Å². The van der Waals surface area contributed by atoms with Gasteiger partial charge in [-0.2, -0.15) is 0 Å². The number of ketones is 1. The molecular formula is C34H29CoFN2O6. The van der Waals surface area contributed by atoms with Crippen molar-refractivity contribution in [2.45, 2.75) is 38.0 Å². The number of nitrogens with zero attached hydrogens (tertiary/aromatic N) is 1. The molecule has 0 amide bonds. The number of rotatable bonds is 3. The smallest absolute Gasteiger partial charge is 0.872 e. The topological polar surface area (TPSA) is 126 Å². The molecule has 1 saturated heterocycles. The molecule has 8 rings (SSSR count). The third-order valence-electron chi connectivity index (χ3n) is 9.05. The van der Waals surface area contributed by atoms with Gasteiger partial charge in [-0.25, -0.2) is 9.18 Å². The van der Waals surface area contributed by atoms with Gasteiger partial charge in [0.2, 0.25) is 0 Å². The van der Waals surface area contributed by atoms with Crippen molar-refractivity contribution in [1.82, 2.24) is 5.32 Å². The first kappa shape index (κ1) is 30.1. The van der Waals surface area contributed by atoms with Crippen LogP contribution in [0.1, 0.15) is 52.2 Å². The molecule has 1 unspecified atom stereocenters. The van der Waals surface area contributed by atoms with Crippen molar-refractivity contribution in [3.05, 3.63) is 92.6 Å². The van der Waals surface area contributed by atoms with Gasteiger partial charge in [-0.05, 0) is 72.9 Å². The van der Waals surface area contributed by atoms with Crippen LogP contribution < -0.4 is 26.1 Å². The number of fused-ring (bicyclic) bond motifs is 6. The summed E-state index contributed by atoms with van der Waals surface area (Å²) in [6, 6.07) is 12.0. The number of carboxylic acid groups (broad SMARTS) is 1. The normalized spacial score (nSPS) is 19.0. The zero-order chi connectivity index (χ0) is 29.8. The number of anilines is 1. The van der Waals surface area contributed by atoms with Crippen molar-refractivity contribution in [1.29, 1.82) is 0 Å². The van der Waals surface area contributed by atoms with Crippen LogP contribution in [0.25, 0.3) is 21.7 Å². The molecule has 1 radical (unpaired) electrons. The number of hydrogen-bond donors (Lipinski definition) is 1. The van der Waals surface area contributed by atoms with Crippen molar-refractivity contribution >= 4 is 39.2 Å². The molecule has 0 spiro atoms. The van der Waals surface area contributed by atoms with Crippen LogP contribution in [0.15, 0.2) is 63.3 Å². The second-order valence-corrected chi connectivity index (χ2v) is 11.7. The molecule has 1 atom stereocenters. The van der Waals surface area contributed by atoms with E-state index in [-0.39, 0.29) is 45.0 Å². The molecular weight excluding hydrogens is 610 g/mol. The van der Waals surface area contributed by atoms with Gasteiger partial charge in [0.05, 0.1) is 17.0 Å². The van der Waals surface area contributed by atoms with Crippen molar-refractivity contribution in [2.75, 3.05) is 31.1 Å². The van der Waals surface area contributed by atoms with E-state index < -0.39 is 23.2 Å². The summed E-state index contributed by atoms with van der Waals surface area (Å²) in [5, 5.41) is 28.5. The van der Waals surface area contributed by atoms with E-state index in [0.717, 1.165) is 72.7 Å². The largest absolute Gasteiger partial charge is 2.00 e. The van der Waals surface area contributed by atoms with Gasteiger partial charge in [-0.3, -0.25) is 4.79 Å². The number of aliphatic carboxylic acids is 1. The van der Waals surface area contributed by atoms with Crippen molar-refractivity contribution in [3.63, 3.8) is 0 Å². The summed E-state index contributed by atoms with van der Waals surface area (Å²) < 4.78 is 19.9. The van der Waals surface area contributed by atoms with Gasteiger partial charge in [0.1, 0.15) is 11.4 Å². The average molecular weight is 640 g/mol. The Labute approximate surface area is 262 Å². The minimum Gasteiger partial charge on any atom is -0.872 e. The molecule has 44 heavy (non-hydrogen) atoms. The molecule has 1 saturated carbocycles. The number of carbonyl (C=O) groups is 2. The Morgan fingerprint density at radius 2 is 1.77 bits per heavy atom. The number of Topliss-reactive ketones (excluding diaryl/α,β-unsaturated/α-hetero) is 1. The van der Waals surface area contributed by atoms with Gasteiger partial charge in [-0.15, -0.1) is 0 Å². The molecule has 10 heteroatoms. The third-order valence-corrected chi connectivity index (χ3v) is 9.05. The zero-order valence-corrected chi connectivity index (χ0v) is 24.8. The second-order valence-electron chi connectivity index (χ2n) is 11.7. The fourth-order valence-electron chi connectivity index (χ4n) is 6.82. The molecule has 2 fully saturated rings. The van der Waals surface area contributed by atoms with E-state index in [2.05, 4.69) is 5.32 Å². The van der Waals surface area contributed by atoms with Crippen LogP contribution in [0.3, 0.4) is 0 Å². The molecule has 4 aliphatic rings. The number of hydrogen-bond acceptors (Lipinski definition) is 8. The first-order valence-corrected chi connectivity index (χ1v) is 14.8. The monoisotopic (exact) mass is 639 g/mol. The summed E-state index contributed by atoms with van der Waals surface area (Å²) in [7, 11) is 0. The Balaban J connectivity index is 0.000000156. The number of piperazine rings is 1. The summed E-state index contributed by atoms with van der Waals surface area (Å²) in [5.74, 6) is -2.63. The quantitative estimate of drug-likeness (QED) is 0.206. The van der Waals surface area contributed by atoms with E-state index >= 15 is 0 Å². The number of nitrogens with one attached hydrogen (secondary N) is 1. The van der Waals surface area contributed by atoms with Crippen LogP contribution in [0, 0.1) is 11.7 Å². The summed E-state index contributed by atoms with van der Waals surface area (Å²) in [6.45, 7) is 2.99. The third kappa shape index (κ3) is 5.20. The molecule has 2 heterocycles. The second kappa shape index (κ2) is 11.8. The SMILES string of the molecule is O=C([O-])C1=CC(C2CC2)c2cc(N3CCNCC3)c(F)cc2C1=O.O=c1oc2ccccc2c2c3c(cc([O-])c12)CCC3.[Co+2]. The number of carboxylic acids is 1. The van der Waals surface area contributed by atoms with Gasteiger partial charge in [0, 0.05) is 54.0 Å². The Hall–Kier alpha value is -3.99. The Morgan fingerprint density at radius 1 is 1.02 bits per heavy atom. The number of carbonyl (C=O) groups excluding carboxylic acids is 2. The van der Waals surface area contributed by atoms with E-state index in [1.165, 1.54) is 12.1 Å². The van der Waals surface area contributed by atoms with Gasteiger partial charge in [0.15, 0.2) is 5.78 Å². The van der Waals surface area contributed by atoms with Crippen LogP contribution in [0.4, 0.5) is 10.1 Å². The molecule has 1 aromatic heterocycles. The summed E-state index contributed by atoms with van der Waals surface area (Å²) in [5.41, 5.74) is 3.36. The molecule has 8 nitrogen and oxygen atoms in total. The number of para-hydroxylation sites is 1. The van der Waals surface area contributed by atoms with Crippen molar-refractivity contribution < 1.29 is 45.4 Å². The zero-order valence-electron chi connectivity index (χ0n) is 23.7. The number of halogens is 1. The number of allylic oxidation sites excluding steroid dienone is 1. The Kier molecular flexibility index (Phi) is 8.08. The fourth-order valence-corrected chi connectivity index (χ4v) is 6.82. The molecule has 4 aromatic rings. The van der Waals surface area contributed by atoms with E-state index in [1.54, 1.807) is 18.2 Å². The maximum absolute atomic E-state index is 14.6. The Morgan fingerprint density at radius 3 is 2.50 bits per heavy atom. The molecule has 227 valence electrons. The van der Waals surface area contributed by atoms with E-state index in [4.69, 9.17) is 4.42 Å². The number of aryl methyl sites for hydroxylation is 2. The van der Waals surface area contributed by atoms with Crippen LogP contribution >= 0.6 is 0 Å². The number of benzene rings is 3. The van der Waals surface area contributed by atoms with E-state index in [9.17, 15) is 29.0 Å². The maximum atomic E-state index is 14.6. The van der Waals surface area contributed by atoms with Crippen molar-refractivity contribution in [3.8, 4) is 5.75 Å². The van der Waals surface area contributed by atoms with Crippen LogP contribution in [0.2, 0.25) is 0 Å². The molecule has 1 aliphatic heterocycles. The van der Waals surface area contributed by atoms with E-state index in [1.807, 2.05) is 23.1 Å². The Bertz CT molecular complexity index is 1910. The summed E-state index contributed by atoms with van der Waals surface area (Å²) in [4.78, 5) is 37.7. The molecule has 3 aromatic carbocycles. The van der Waals surface area contributed by atoms with Gasteiger partial charge >= 0.3 is 22.4 Å². The summed E-state index contributed by atoms with van der Waals surface area (Å²) in [6.07, 6.45) is 6.40. The van der Waals surface area contributed by atoms with E-state index in [0.29, 0.717) is 30.3 Å². The minimum absolute atomic E-state index is 0. The predicted molar refractivity (Wildman–Crippen MR) is 156 cm³/mol. The first-order chi connectivity index (χ1) is 20.8. The average Bonchev–Trinajstić information content (AvgIpc) is 3.74. The molecule has 3 aliphatic carbocycles. The van der Waals surface area contributed by atoms with Crippen LogP contribution in [-0.2, 0) is 34.4 Å². The maximum Gasteiger partial charge on any atom is 2.00 e. The predicted octanol–water partition coefficient (Wildman–Crippen LogP) is 3.11. The standard InChI is InChI=1S/C18H19FN2O3.C16H12O3.Co/c19-15-8-13-12(9-16(15)21-5-3-20-4-6-21)11(10-1-2-10)7-14(17(13)22)18(23)24;17-12-8-9-4-3-6-10(9)14-11-5-1-2-7-13(11)19-16(18)15(12)14;/h7-11,20H,1-6H2,(H,23,24);1-2,5,7-8,17H,3-4,6H2;/q;;+2/p-2. The van der Waals surface area contributed by atoms with Crippen molar-refractivity contribution in [2.24, 2.45) is 5.92 Å². The fraction of sp³-hybridized carbons (Fsp3) is 0.324. The van der Waals surface area contributed by atoms with Gasteiger partial charge < -0.3 is 29.6 Å².